The molecule has 1 aromatic heterocycles. The predicted molar refractivity (Wildman–Crippen MR) is 69.0 cm³/mol. The number of aliphatic hydroxyl groups excluding tert-OH is 1. The van der Waals surface area contributed by atoms with Crippen LogP contribution in [-0.2, 0) is 4.79 Å². The van der Waals surface area contributed by atoms with Crippen LogP contribution in [0.15, 0.2) is 11.4 Å². The second-order valence-corrected chi connectivity index (χ2v) is 4.45. The molecule has 2 amide bonds. The lowest BCUT2D eigenvalue weighted by Gasteiger charge is -2.08. The Morgan fingerprint density at radius 3 is 2.94 bits per heavy atom. The number of carbonyl (C=O) groups excluding carboxylic acids is 2. The molecule has 18 heavy (non-hydrogen) atoms. The van der Waals surface area contributed by atoms with E-state index in [1.54, 1.807) is 11.4 Å². The van der Waals surface area contributed by atoms with Crippen molar-refractivity contribution in [1.82, 2.24) is 5.32 Å². The highest BCUT2D eigenvalue weighted by Crippen LogP contribution is 2.15. The molecule has 1 rings (SSSR count). The van der Waals surface area contributed by atoms with Crippen molar-refractivity contribution in [2.24, 2.45) is 5.73 Å². The van der Waals surface area contributed by atoms with Gasteiger partial charge in [-0.25, -0.2) is 0 Å². The Morgan fingerprint density at radius 1 is 1.61 bits per heavy atom. The molecule has 5 nitrogen and oxygen atoms in total. The van der Waals surface area contributed by atoms with E-state index in [4.69, 9.17) is 10.8 Å². The summed E-state index contributed by atoms with van der Waals surface area (Å²) < 4.78 is 0. The van der Waals surface area contributed by atoms with Gasteiger partial charge in [0.25, 0.3) is 5.91 Å². The molecule has 0 aliphatic heterocycles. The summed E-state index contributed by atoms with van der Waals surface area (Å²) in [5.74, 6) is 4.58. The average molecular weight is 266 g/mol. The van der Waals surface area contributed by atoms with Gasteiger partial charge in [-0.1, -0.05) is 11.8 Å². The van der Waals surface area contributed by atoms with Gasteiger partial charge in [0.05, 0.1) is 6.61 Å². The lowest BCUT2D eigenvalue weighted by molar-refractivity contribution is -0.119. The third-order valence-corrected chi connectivity index (χ3v) is 3.02. The fourth-order valence-electron chi connectivity index (χ4n) is 1.13. The van der Waals surface area contributed by atoms with Crippen molar-refractivity contribution in [3.8, 4) is 11.8 Å². The summed E-state index contributed by atoms with van der Waals surface area (Å²) in [5, 5.41) is 12.9. The van der Waals surface area contributed by atoms with Crippen molar-refractivity contribution < 1.29 is 14.7 Å². The Kier molecular flexibility index (Phi) is 5.36. The van der Waals surface area contributed by atoms with Gasteiger partial charge < -0.3 is 16.2 Å². The zero-order valence-electron chi connectivity index (χ0n) is 9.90. The molecule has 1 aromatic rings. The highest BCUT2D eigenvalue weighted by Gasteiger charge is 2.16. The van der Waals surface area contributed by atoms with E-state index >= 15 is 0 Å². The van der Waals surface area contributed by atoms with Crippen molar-refractivity contribution >= 4 is 23.2 Å². The van der Waals surface area contributed by atoms with Crippen LogP contribution in [0.1, 0.15) is 28.6 Å². The lowest BCUT2D eigenvalue weighted by atomic mass is 10.2. The second-order valence-electron chi connectivity index (χ2n) is 3.54. The third-order valence-electron chi connectivity index (χ3n) is 2.11. The standard InChI is InChI=1S/C12H14N2O3S/c1-8(11(13)16)14-12(17)10-9(5-7-18-10)4-2-3-6-15/h5,7-8,15H,3,6H2,1H3,(H2,13,16)(H,14,17). The molecule has 96 valence electrons. The van der Waals surface area contributed by atoms with E-state index in [-0.39, 0.29) is 12.5 Å². The van der Waals surface area contributed by atoms with Gasteiger partial charge in [0.2, 0.25) is 5.91 Å². The van der Waals surface area contributed by atoms with Gasteiger partial charge in [0.15, 0.2) is 0 Å². The van der Waals surface area contributed by atoms with Crippen molar-refractivity contribution in [2.45, 2.75) is 19.4 Å². The third kappa shape index (κ3) is 3.87. The fraction of sp³-hybridized carbons (Fsp3) is 0.333. The van der Waals surface area contributed by atoms with Crippen LogP contribution in [0.2, 0.25) is 0 Å². The Morgan fingerprint density at radius 2 is 2.33 bits per heavy atom. The van der Waals surface area contributed by atoms with Crippen molar-refractivity contribution in [2.75, 3.05) is 6.61 Å². The first-order valence-corrected chi connectivity index (χ1v) is 6.21. The molecule has 1 atom stereocenters. The molecule has 1 heterocycles. The van der Waals surface area contributed by atoms with Crippen LogP contribution in [0.3, 0.4) is 0 Å². The van der Waals surface area contributed by atoms with Crippen LogP contribution in [0.25, 0.3) is 0 Å². The number of nitrogens with two attached hydrogens (primary N) is 1. The molecule has 0 aliphatic carbocycles. The molecule has 0 radical (unpaired) electrons. The zero-order chi connectivity index (χ0) is 13.5. The molecule has 1 unspecified atom stereocenters. The molecular weight excluding hydrogens is 252 g/mol. The van der Waals surface area contributed by atoms with Crippen LogP contribution in [0.5, 0.6) is 0 Å². The predicted octanol–water partition coefficient (Wildman–Crippen LogP) is 0.0856. The molecule has 6 heteroatoms. The molecule has 0 fully saturated rings. The largest absolute Gasteiger partial charge is 0.395 e. The van der Waals surface area contributed by atoms with E-state index in [0.717, 1.165) is 0 Å². The number of thiophene rings is 1. The van der Waals surface area contributed by atoms with Gasteiger partial charge in [-0.15, -0.1) is 11.3 Å². The monoisotopic (exact) mass is 266 g/mol. The second kappa shape index (κ2) is 6.79. The van der Waals surface area contributed by atoms with Crippen molar-refractivity contribution in [1.29, 1.82) is 0 Å². The van der Waals surface area contributed by atoms with E-state index in [1.807, 2.05) is 0 Å². The minimum absolute atomic E-state index is 0.0165. The van der Waals surface area contributed by atoms with E-state index in [0.29, 0.717) is 16.9 Å². The van der Waals surface area contributed by atoms with E-state index in [2.05, 4.69) is 17.2 Å². The molecule has 0 saturated carbocycles. The SMILES string of the molecule is CC(NC(=O)c1sccc1C#CCCO)C(N)=O. The summed E-state index contributed by atoms with van der Waals surface area (Å²) in [6, 6.07) is 0.997. The fourth-order valence-corrected chi connectivity index (χ4v) is 1.88. The van der Waals surface area contributed by atoms with Crippen molar-refractivity contribution in [3.05, 3.63) is 21.9 Å². The van der Waals surface area contributed by atoms with Crippen LogP contribution in [0.4, 0.5) is 0 Å². The zero-order valence-corrected chi connectivity index (χ0v) is 10.7. The molecular formula is C12H14N2O3S. The summed E-state index contributed by atoms with van der Waals surface area (Å²) in [6.45, 7) is 1.50. The first kappa shape index (κ1) is 14.2. The summed E-state index contributed by atoms with van der Waals surface area (Å²) >= 11 is 1.24. The number of aliphatic hydroxyl groups is 1. The highest BCUT2D eigenvalue weighted by molar-refractivity contribution is 7.12. The number of hydrogen-bond acceptors (Lipinski definition) is 4. The maximum absolute atomic E-state index is 11.8. The molecule has 0 saturated heterocycles. The van der Waals surface area contributed by atoms with E-state index < -0.39 is 11.9 Å². The van der Waals surface area contributed by atoms with Crippen LogP contribution >= 0.6 is 11.3 Å². The van der Waals surface area contributed by atoms with Crippen LogP contribution in [0, 0.1) is 11.8 Å². The first-order chi connectivity index (χ1) is 8.56. The minimum atomic E-state index is -0.724. The number of primary amides is 1. The van der Waals surface area contributed by atoms with E-state index in [9.17, 15) is 9.59 Å². The molecule has 0 aliphatic rings. The molecule has 0 bridgehead atoms. The minimum Gasteiger partial charge on any atom is -0.395 e. The molecule has 0 spiro atoms. The number of rotatable bonds is 4. The Labute approximate surface area is 109 Å². The number of nitrogens with one attached hydrogen (secondary N) is 1. The normalized spacial score (nSPS) is 11.2. The number of carbonyl (C=O) groups is 2. The van der Waals surface area contributed by atoms with Crippen molar-refractivity contribution in [3.63, 3.8) is 0 Å². The van der Waals surface area contributed by atoms with Crippen LogP contribution < -0.4 is 11.1 Å². The lowest BCUT2D eigenvalue weighted by Crippen LogP contribution is -2.42. The highest BCUT2D eigenvalue weighted by atomic mass is 32.1. The quantitative estimate of drug-likeness (QED) is 0.674. The first-order valence-electron chi connectivity index (χ1n) is 5.33. The Balaban J connectivity index is 2.79. The van der Waals surface area contributed by atoms with Gasteiger partial charge in [0, 0.05) is 12.0 Å². The van der Waals surface area contributed by atoms with E-state index in [1.165, 1.54) is 18.3 Å². The molecule has 4 N–H and O–H groups in total. The Hall–Kier alpha value is -1.84. The topological polar surface area (TPSA) is 92.4 Å². The number of amides is 2. The Bertz CT molecular complexity index is 499. The smallest absolute Gasteiger partial charge is 0.263 e. The summed E-state index contributed by atoms with van der Waals surface area (Å²) in [7, 11) is 0. The van der Waals surface area contributed by atoms with Gasteiger partial charge in [-0.2, -0.15) is 0 Å². The van der Waals surface area contributed by atoms with Gasteiger partial charge >= 0.3 is 0 Å². The maximum atomic E-state index is 11.8. The van der Waals surface area contributed by atoms with Gasteiger partial charge in [0.1, 0.15) is 10.9 Å². The average Bonchev–Trinajstić information content (AvgIpc) is 2.77. The summed E-state index contributed by atoms with van der Waals surface area (Å²) in [4.78, 5) is 23.1. The van der Waals surface area contributed by atoms with Crippen LogP contribution in [-0.4, -0.2) is 29.6 Å². The summed E-state index contributed by atoms with van der Waals surface area (Å²) in [6.07, 6.45) is 0.356. The van der Waals surface area contributed by atoms with Gasteiger partial charge in [-0.3, -0.25) is 9.59 Å². The van der Waals surface area contributed by atoms with Gasteiger partial charge in [-0.05, 0) is 18.4 Å². The molecule has 0 aromatic carbocycles. The number of hydrogen-bond donors (Lipinski definition) is 3. The maximum Gasteiger partial charge on any atom is 0.263 e. The summed E-state index contributed by atoms with van der Waals surface area (Å²) in [5.41, 5.74) is 5.65.